The van der Waals surface area contributed by atoms with E-state index in [-0.39, 0.29) is 18.7 Å². The number of methoxy groups -OCH3 is 1. The molecule has 1 aromatic carbocycles. The highest BCUT2D eigenvalue weighted by molar-refractivity contribution is 5.83. The van der Waals surface area contributed by atoms with Gasteiger partial charge in [0.2, 0.25) is 5.91 Å². The van der Waals surface area contributed by atoms with E-state index in [1.807, 2.05) is 13.0 Å². The van der Waals surface area contributed by atoms with Crippen LogP contribution in [0.5, 0.6) is 5.75 Å². The smallest absolute Gasteiger partial charge is 0.326 e. The second-order valence-corrected chi connectivity index (χ2v) is 4.32. The van der Waals surface area contributed by atoms with Gasteiger partial charge in [-0.3, -0.25) is 4.79 Å². The van der Waals surface area contributed by atoms with Gasteiger partial charge in [0.1, 0.15) is 11.8 Å². The molecule has 0 spiro atoms. The lowest BCUT2D eigenvalue weighted by Gasteiger charge is -2.15. The van der Waals surface area contributed by atoms with E-state index in [9.17, 15) is 9.59 Å². The number of carbonyl (C=O) groups excluding carboxylic acids is 1. The molecule has 1 aromatic rings. The summed E-state index contributed by atoms with van der Waals surface area (Å²) in [4.78, 5) is 22.4. The minimum absolute atomic E-state index is 0.256. The fraction of sp³-hybridized carbons (Fsp3) is 0.429. The van der Waals surface area contributed by atoms with Crippen molar-refractivity contribution in [2.45, 2.75) is 32.7 Å². The van der Waals surface area contributed by atoms with Gasteiger partial charge in [-0.05, 0) is 24.1 Å². The van der Waals surface area contributed by atoms with Gasteiger partial charge in [-0.1, -0.05) is 19.1 Å². The summed E-state index contributed by atoms with van der Waals surface area (Å²) >= 11 is 0. The second kappa shape index (κ2) is 6.78. The van der Waals surface area contributed by atoms with Crippen molar-refractivity contribution in [1.29, 1.82) is 0 Å². The predicted molar refractivity (Wildman–Crippen MR) is 71.3 cm³/mol. The van der Waals surface area contributed by atoms with Crippen LogP contribution in [0.1, 0.15) is 24.5 Å². The Labute approximate surface area is 112 Å². The third-order valence-electron chi connectivity index (χ3n) is 2.85. The van der Waals surface area contributed by atoms with E-state index in [1.54, 1.807) is 26.2 Å². The SMILES string of the molecule is CCC(=O)NC(Cc1ccc(OC)c(C)c1)C(=O)O. The van der Waals surface area contributed by atoms with Crippen molar-refractivity contribution in [2.75, 3.05) is 7.11 Å². The number of aryl methyl sites for hydroxylation is 1. The molecule has 0 aliphatic heterocycles. The lowest BCUT2D eigenvalue weighted by atomic mass is 10.0. The number of rotatable bonds is 6. The summed E-state index contributed by atoms with van der Waals surface area (Å²) in [6.07, 6.45) is 0.525. The lowest BCUT2D eigenvalue weighted by molar-refractivity contribution is -0.141. The van der Waals surface area contributed by atoms with Crippen LogP contribution in [0.25, 0.3) is 0 Å². The topological polar surface area (TPSA) is 75.6 Å². The number of nitrogens with one attached hydrogen (secondary N) is 1. The van der Waals surface area contributed by atoms with Gasteiger partial charge in [0, 0.05) is 12.8 Å². The third kappa shape index (κ3) is 4.28. The Morgan fingerprint density at radius 3 is 2.58 bits per heavy atom. The number of hydrogen-bond donors (Lipinski definition) is 2. The Morgan fingerprint density at radius 1 is 1.42 bits per heavy atom. The van der Waals surface area contributed by atoms with Gasteiger partial charge < -0.3 is 15.2 Å². The van der Waals surface area contributed by atoms with Gasteiger partial charge in [0.05, 0.1) is 7.11 Å². The van der Waals surface area contributed by atoms with E-state index in [1.165, 1.54) is 0 Å². The zero-order valence-electron chi connectivity index (χ0n) is 11.4. The Morgan fingerprint density at radius 2 is 2.11 bits per heavy atom. The second-order valence-electron chi connectivity index (χ2n) is 4.32. The quantitative estimate of drug-likeness (QED) is 0.817. The molecule has 0 radical (unpaired) electrons. The van der Waals surface area contributed by atoms with Gasteiger partial charge in [-0.25, -0.2) is 4.79 Å². The molecule has 2 N–H and O–H groups in total. The van der Waals surface area contributed by atoms with E-state index < -0.39 is 12.0 Å². The Bertz CT molecular complexity index is 471. The Kier molecular flexibility index (Phi) is 5.36. The van der Waals surface area contributed by atoms with Crippen LogP contribution in [-0.2, 0) is 16.0 Å². The number of aliphatic carboxylic acids is 1. The van der Waals surface area contributed by atoms with Crippen LogP contribution in [0.2, 0.25) is 0 Å². The number of carbonyl (C=O) groups is 2. The fourth-order valence-corrected chi connectivity index (χ4v) is 1.80. The summed E-state index contributed by atoms with van der Waals surface area (Å²) in [7, 11) is 1.59. The summed E-state index contributed by atoms with van der Waals surface area (Å²) in [5.74, 6) is -0.541. The molecule has 0 fully saturated rings. The summed E-state index contributed by atoms with van der Waals surface area (Å²) in [5.41, 5.74) is 1.79. The number of benzene rings is 1. The highest BCUT2D eigenvalue weighted by Crippen LogP contribution is 2.19. The minimum atomic E-state index is -1.03. The standard InChI is InChI=1S/C14H19NO4/c1-4-13(16)15-11(14(17)18)8-10-5-6-12(19-3)9(2)7-10/h5-7,11H,4,8H2,1-3H3,(H,15,16)(H,17,18). The molecule has 19 heavy (non-hydrogen) atoms. The van der Waals surface area contributed by atoms with Crippen LogP contribution < -0.4 is 10.1 Å². The van der Waals surface area contributed by atoms with Crippen LogP contribution in [0.3, 0.4) is 0 Å². The largest absolute Gasteiger partial charge is 0.496 e. The zero-order chi connectivity index (χ0) is 14.4. The molecular formula is C14H19NO4. The maximum Gasteiger partial charge on any atom is 0.326 e. The van der Waals surface area contributed by atoms with Crippen molar-refractivity contribution in [2.24, 2.45) is 0 Å². The average molecular weight is 265 g/mol. The average Bonchev–Trinajstić information content (AvgIpc) is 2.37. The molecule has 0 heterocycles. The first-order valence-electron chi connectivity index (χ1n) is 6.13. The van der Waals surface area contributed by atoms with Crippen molar-refractivity contribution >= 4 is 11.9 Å². The van der Waals surface area contributed by atoms with E-state index in [0.717, 1.165) is 16.9 Å². The van der Waals surface area contributed by atoms with E-state index in [0.29, 0.717) is 0 Å². The predicted octanol–water partition coefficient (Wildman–Crippen LogP) is 1.53. The van der Waals surface area contributed by atoms with Gasteiger partial charge in [0.25, 0.3) is 0 Å². The first-order valence-corrected chi connectivity index (χ1v) is 6.13. The zero-order valence-corrected chi connectivity index (χ0v) is 11.4. The molecule has 104 valence electrons. The molecular weight excluding hydrogens is 246 g/mol. The molecule has 0 aliphatic rings. The van der Waals surface area contributed by atoms with Crippen molar-refractivity contribution in [3.05, 3.63) is 29.3 Å². The number of carboxylic acids is 1. The highest BCUT2D eigenvalue weighted by Gasteiger charge is 2.19. The van der Waals surface area contributed by atoms with Crippen LogP contribution in [0, 0.1) is 6.92 Å². The molecule has 0 saturated carbocycles. The van der Waals surface area contributed by atoms with E-state index >= 15 is 0 Å². The number of ether oxygens (including phenoxy) is 1. The lowest BCUT2D eigenvalue weighted by Crippen LogP contribution is -2.42. The van der Waals surface area contributed by atoms with Crippen molar-refractivity contribution in [3.63, 3.8) is 0 Å². The third-order valence-corrected chi connectivity index (χ3v) is 2.85. The minimum Gasteiger partial charge on any atom is -0.496 e. The normalized spacial score (nSPS) is 11.7. The number of hydrogen-bond acceptors (Lipinski definition) is 3. The maximum absolute atomic E-state index is 11.3. The first-order chi connectivity index (χ1) is 8.97. The summed E-state index contributed by atoms with van der Waals surface area (Å²) in [6.45, 7) is 3.58. The van der Waals surface area contributed by atoms with Crippen LogP contribution in [0.15, 0.2) is 18.2 Å². The van der Waals surface area contributed by atoms with Crippen molar-refractivity contribution in [3.8, 4) is 5.75 Å². The van der Waals surface area contributed by atoms with Crippen molar-refractivity contribution in [1.82, 2.24) is 5.32 Å². The molecule has 1 amide bonds. The molecule has 1 unspecified atom stereocenters. The fourth-order valence-electron chi connectivity index (χ4n) is 1.80. The summed E-state index contributed by atoms with van der Waals surface area (Å²) in [5, 5.41) is 11.6. The van der Waals surface area contributed by atoms with Gasteiger partial charge in [-0.2, -0.15) is 0 Å². The molecule has 5 heteroatoms. The van der Waals surface area contributed by atoms with Crippen molar-refractivity contribution < 1.29 is 19.4 Å². The van der Waals surface area contributed by atoms with Gasteiger partial charge in [0.15, 0.2) is 0 Å². The molecule has 5 nitrogen and oxygen atoms in total. The Hall–Kier alpha value is -2.04. The monoisotopic (exact) mass is 265 g/mol. The van der Waals surface area contributed by atoms with Crippen LogP contribution in [0.4, 0.5) is 0 Å². The molecule has 0 saturated heterocycles. The van der Waals surface area contributed by atoms with E-state index in [4.69, 9.17) is 9.84 Å². The molecule has 1 atom stereocenters. The number of amides is 1. The molecule has 1 rings (SSSR count). The first kappa shape index (κ1) is 15.0. The molecule has 0 aromatic heterocycles. The summed E-state index contributed by atoms with van der Waals surface area (Å²) < 4.78 is 5.15. The molecule has 0 bridgehead atoms. The van der Waals surface area contributed by atoms with Crippen LogP contribution in [-0.4, -0.2) is 30.1 Å². The Balaban J connectivity index is 2.82. The molecule has 0 aliphatic carbocycles. The van der Waals surface area contributed by atoms with Crippen LogP contribution >= 0.6 is 0 Å². The number of carboxylic acid groups (broad SMARTS) is 1. The van der Waals surface area contributed by atoms with E-state index in [2.05, 4.69) is 5.32 Å². The van der Waals surface area contributed by atoms with Gasteiger partial charge in [-0.15, -0.1) is 0 Å². The summed E-state index contributed by atoms with van der Waals surface area (Å²) in [6, 6.07) is 4.57. The van der Waals surface area contributed by atoms with Gasteiger partial charge >= 0.3 is 5.97 Å². The highest BCUT2D eigenvalue weighted by atomic mass is 16.5. The maximum atomic E-state index is 11.3.